The molecule has 0 N–H and O–H groups in total. The van der Waals surface area contributed by atoms with Gasteiger partial charge in [-0.3, -0.25) is 0 Å². The van der Waals surface area contributed by atoms with Gasteiger partial charge in [0.15, 0.2) is 0 Å². The zero-order chi connectivity index (χ0) is 0. The van der Waals surface area contributed by atoms with E-state index in [0.29, 0.717) is 0 Å². The molecular weight excluding hydrogens is 495 g/mol. The summed E-state index contributed by atoms with van der Waals surface area (Å²) in [5.74, 6) is 0. The molecule has 0 amide bonds. The molecule has 4 radical (unpaired) electrons. The van der Waals surface area contributed by atoms with E-state index in [1.807, 2.05) is 0 Å². The molecule has 0 aliphatic heterocycles. The average molecular weight is 495 g/mol. The van der Waals surface area contributed by atoms with Crippen LogP contribution in [0.3, 0.4) is 0 Å². The fourth-order valence-corrected chi connectivity index (χ4v) is 0. The van der Waals surface area contributed by atoms with E-state index in [1.165, 1.54) is 0 Å². The first-order valence-corrected chi connectivity index (χ1v) is 0. The summed E-state index contributed by atoms with van der Waals surface area (Å²) in [6.07, 6.45) is 0. The van der Waals surface area contributed by atoms with Gasteiger partial charge in [-0.25, -0.2) is 0 Å². The van der Waals surface area contributed by atoms with Gasteiger partial charge in [-0.2, -0.15) is 0 Å². The van der Waals surface area contributed by atoms with Crippen molar-refractivity contribution in [2.45, 2.75) is 0 Å². The van der Waals surface area contributed by atoms with E-state index in [9.17, 15) is 0 Å². The molecule has 8 heteroatoms. The maximum absolute atomic E-state index is 0. The molecule has 0 bridgehead atoms. The van der Waals surface area contributed by atoms with Crippen molar-refractivity contribution in [1.29, 1.82) is 0 Å². The Morgan fingerprint density at radius 2 is 0.250 bits per heavy atom. The molecule has 0 rings (SSSR count). The van der Waals surface area contributed by atoms with Gasteiger partial charge in [0.25, 0.3) is 0 Å². The standard InChI is InChI=1S/4Ag.4O/q;;;;4*-2. The Bertz CT molecular complexity index is 8.00. The minimum Gasteiger partial charge on any atom is -2.00 e. The van der Waals surface area contributed by atoms with E-state index >= 15 is 0 Å². The summed E-state index contributed by atoms with van der Waals surface area (Å²) in [4.78, 5) is 0. The van der Waals surface area contributed by atoms with Gasteiger partial charge in [0.2, 0.25) is 0 Å². The number of hydrogen-bond acceptors (Lipinski definition) is 0. The summed E-state index contributed by atoms with van der Waals surface area (Å²) < 4.78 is 0. The maximum atomic E-state index is 0. The molecule has 0 aliphatic rings. The molecule has 8 heavy (non-hydrogen) atoms. The smallest absolute Gasteiger partial charge is 0 e. The van der Waals surface area contributed by atoms with Crippen molar-refractivity contribution in [3.63, 3.8) is 0 Å². The van der Waals surface area contributed by atoms with Gasteiger partial charge in [0.05, 0.1) is 0 Å². The van der Waals surface area contributed by atoms with Gasteiger partial charge in [-0.15, -0.1) is 0 Å². The van der Waals surface area contributed by atoms with Gasteiger partial charge in [-0.05, 0) is 0 Å². The normalized spacial score (nSPS) is 0. The summed E-state index contributed by atoms with van der Waals surface area (Å²) in [6, 6.07) is 0. The number of rotatable bonds is 0. The Morgan fingerprint density at radius 1 is 0.250 bits per heavy atom. The quantitative estimate of drug-likeness (QED) is 0.404. The van der Waals surface area contributed by atoms with Crippen LogP contribution in [0.2, 0.25) is 0 Å². The molecule has 0 unspecified atom stereocenters. The van der Waals surface area contributed by atoms with E-state index in [0.717, 1.165) is 0 Å². The first kappa shape index (κ1) is 132. The fourth-order valence-electron chi connectivity index (χ4n) is 0. The molecule has 0 heterocycles. The van der Waals surface area contributed by atoms with Gasteiger partial charge in [-0.1, -0.05) is 0 Å². The molecule has 0 saturated carbocycles. The summed E-state index contributed by atoms with van der Waals surface area (Å²) in [5.41, 5.74) is 0. The molecule has 0 aromatic carbocycles. The Kier molecular flexibility index (Phi) is 1600. The van der Waals surface area contributed by atoms with Crippen LogP contribution < -0.4 is 0 Å². The fraction of sp³-hybridized carbons (Fsp3) is 0. The SMILES string of the molecule is [Ag].[Ag].[Ag].[Ag].[O-2].[O-2].[O-2].[O-2]. The molecule has 0 aromatic rings. The van der Waals surface area contributed by atoms with Crippen molar-refractivity contribution in [3.8, 4) is 0 Å². The molecule has 0 saturated heterocycles. The van der Waals surface area contributed by atoms with Crippen molar-refractivity contribution in [1.82, 2.24) is 0 Å². The van der Waals surface area contributed by atoms with Crippen LogP contribution in [-0.2, 0) is 111 Å². The summed E-state index contributed by atoms with van der Waals surface area (Å²) in [7, 11) is 0. The van der Waals surface area contributed by atoms with Crippen LogP contribution >= 0.6 is 0 Å². The summed E-state index contributed by atoms with van der Waals surface area (Å²) in [5, 5.41) is 0. The van der Waals surface area contributed by atoms with Crippen molar-refractivity contribution in [2.24, 2.45) is 0 Å². The Labute approximate surface area is 110 Å². The topological polar surface area (TPSA) is 114 Å². The molecule has 0 spiro atoms. The van der Waals surface area contributed by atoms with Gasteiger partial charge in [0, 0.05) is 89.5 Å². The molecule has 0 aromatic heterocycles. The second kappa shape index (κ2) is 96.8. The van der Waals surface area contributed by atoms with Gasteiger partial charge >= 0.3 is 0 Å². The molecule has 0 fully saturated rings. The Balaban J connectivity index is 0. The zero-order valence-electron chi connectivity index (χ0n) is 2.84. The number of hydrogen-bond donors (Lipinski definition) is 0. The second-order valence-electron chi connectivity index (χ2n) is 0. The second-order valence-corrected chi connectivity index (χ2v) is 0. The molecule has 0 atom stereocenters. The molecule has 76 valence electrons. The summed E-state index contributed by atoms with van der Waals surface area (Å²) >= 11 is 0. The van der Waals surface area contributed by atoms with Crippen molar-refractivity contribution < 1.29 is 111 Å². The van der Waals surface area contributed by atoms with Crippen molar-refractivity contribution >= 4 is 0 Å². The van der Waals surface area contributed by atoms with E-state index in [-0.39, 0.29) is 111 Å². The Morgan fingerprint density at radius 3 is 0.250 bits per heavy atom. The van der Waals surface area contributed by atoms with E-state index in [1.54, 1.807) is 0 Å². The van der Waals surface area contributed by atoms with Gasteiger partial charge < -0.3 is 21.9 Å². The zero-order valence-corrected chi connectivity index (χ0v) is 8.77. The summed E-state index contributed by atoms with van der Waals surface area (Å²) in [6.45, 7) is 0. The van der Waals surface area contributed by atoms with Crippen molar-refractivity contribution in [2.75, 3.05) is 0 Å². The minimum absolute atomic E-state index is 0. The van der Waals surface area contributed by atoms with E-state index < -0.39 is 0 Å². The van der Waals surface area contributed by atoms with Crippen molar-refractivity contribution in [3.05, 3.63) is 0 Å². The third-order valence-corrected chi connectivity index (χ3v) is 0. The maximum Gasteiger partial charge on any atom is 0 e. The third-order valence-electron chi connectivity index (χ3n) is 0. The van der Waals surface area contributed by atoms with Crippen LogP contribution in [0.5, 0.6) is 0 Å². The predicted octanol–water partition coefficient (Wildman–Crippen LogP) is -0.485. The largest absolute Gasteiger partial charge is 2.00 e. The monoisotopic (exact) mass is 492 g/mol. The Hall–Kier alpha value is 2.80. The molecular formula is Ag4O4-8. The van der Waals surface area contributed by atoms with E-state index in [4.69, 9.17) is 0 Å². The predicted molar refractivity (Wildman–Crippen MR) is 2.75 cm³/mol. The van der Waals surface area contributed by atoms with E-state index in [2.05, 4.69) is 0 Å². The molecule has 4 nitrogen and oxygen atoms in total. The van der Waals surface area contributed by atoms with Crippen LogP contribution in [0.1, 0.15) is 0 Å². The third kappa shape index (κ3) is 68.3. The first-order chi connectivity index (χ1) is 0. The van der Waals surface area contributed by atoms with Crippen LogP contribution in [0.25, 0.3) is 0 Å². The van der Waals surface area contributed by atoms with Crippen LogP contribution in [0.15, 0.2) is 0 Å². The van der Waals surface area contributed by atoms with Crippen LogP contribution in [-0.4, -0.2) is 0 Å². The molecule has 0 aliphatic carbocycles. The average Bonchev–Trinajstić information content (AvgIpc) is 0. The first-order valence-electron chi connectivity index (χ1n) is 0. The van der Waals surface area contributed by atoms with Crippen LogP contribution in [0, 0.1) is 0 Å². The minimum atomic E-state index is 0. The van der Waals surface area contributed by atoms with Gasteiger partial charge in [0.1, 0.15) is 0 Å². The van der Waals surface area contributed by atoms with Crippen LogP contribution in [0.4, 0.5) is 0 Å².